The van der Waals surface area contributed by atoms with Gasteiger partial charge >= 0.3 is 0 Å². The third kappa shape index (κ3) is 7.81. The van der Waals surface area contributed by atoms with Crippen molar-refractivity contribution in [3.63, 3.8) is 0 Å². The number of nitrogens with one attached hydrogen (secondary N) is 2. The van der Waals surface area contributed by atoms with Gasteiger partial charge in [-0.25, -0.2) is 9.38 Å². The summed E-state index contributed by atoms with van der Waals surface area (Å²) in [7, 11) is 3.69. The zero-order chi connectivity index (χ0) is 20.6. The second kappa shape index (κ2) is 12.0. The average molecular weight is 518 g/mol. The lowest BCUT2D eigenvalue weighted by molar-refractivity contribution is 0.0672. The van der Waals surface area contributed by atoms with Crippen molar-refractivity contribution < 1.29 is 9.50 Å². The van der Waals surface area contributed by atoms with Gasteiger partial charge in [-0.15, -0.1) is 24.0 Å². The number of aliphatic hydroxyl groups is 1. The standard InChI is InChI=1S/C20H31FN6O.HI/c1-5-22-19(24-15-20(2,28)16-13-25-27(4)14-16)23-11-8-12-26(3)18-10-7-6-9-17(18)21;/h6-7,9-10,13-14,28H,5,8,11-12,15H2,1-4H3,(H2,22,23,24);1H. The summed E-state index contributed by atoms with van der Waals surface area (Å²) in [5.41, 5.74) is 0.221. The molecule has 0 bridgehead atoms. The Morgan fingerprint density at radius 1 is 1.34 bits per heavy atom. The highest BCUT2D eigenvalue weighted by molar-refractivity contribution is 14.0. The van der Waals surface area contributed by atoms with Gasteiger partial charge in [-0.3, -0.25) is 4.68 Å². The summed E-state index contributed by atoms with van der Waals surface area (Å²) in [6.45, 7) is 6.03. The van der Waals surface area contributed by atoms with Gasteiger partial charge in [0.25, 0.3) is 0 Å². The molecule has 2 aromatic rings. The molecule has 1 heterocycles. The SMILES string of the molecule is CCNC(=NCC(C)(O)c1cnn(C)c1)NCCCN(C)c1ccccc1F.I. The topological polar surface area (TPSA) is 77.7 Å². The number of benzene rings is 1. The van der Waals surface area contributed by atoms with Crippen LogP contribution in [0.3, 0.4) is 0 Å². The molecule has 7 nitrogen and oxygen atoms in total. The molecule has 0 amide bonds. The average Bonchev–Trinajstić information content (AvgIpc) is 3.10. The number of hydrogen-bond acceptors (Lipinski definition) is 4. The second-order valence-corrected chi connectivity index (χ2v) is 7.02. The fraction of sp³-hybridized carbons (Fsp3) is 0.500. The summed E-state index contributed by atoms with van der Waals surface area (Å²) < 4.78 is 15.5. The van der Waals surface area contributed by atoms with Crippen LogP contribution in [0.4, 0.5) is 10.1 Å². The van der Waals surface area contributed by atoms with Gasteiger partial charge in [-0.2, -0.15) is 5.10 Å². The van der Waals surface area contributed by atoms with Gasteiger partial charge in [0, 0.05) is 45.5 Å². The molecule has 0 aliphatic heterocycles. The molecule has 0 saturated heterocycles. The van der Waals surface area contributed by atoms with Crippen LogP contribution in [-0.2, 0) is 12.6 Å². The first-order chi connectivity index (χ1) is 13.3. The first-order valence-corrected chi connectivity index (χ1v) is 9.53. The summed E-state index contributed by atoms with van der Waals surface area (Å²) in [6.07, 6.45) is 4.25. The van der Waals surface area contributed by atoms with Crippen LogP contribution in [0.15, 0.2) is 41.7 Å². The number of para-hydroxylation sites is 1. The molecule has 1 aromatic carbocycles. The van der Waals surface area contributed by atoms with Crippen molar-refractivity contribution in [3.05, 3.63) is 48.0 Å². The highest BCUT2D eigenvalue weighted by Gasteiger charge is 2.24. The van der Waals surface area contributed by atoms with Gasteiger partial charge in [0.1, 0.15) is 11.4 Å². The van der Waals surface area contributed by atoms with Crippen molar-refractivity contribution in [2.45, 2.75) is 25.9 Å². The highest BCUT2D eigenvalue weighted by Crippen LogP contribution is 2.20. The summed E-state index contributed by atoms with van der Waals surface area (Å²) in [5, 5.41) is 21.2. The van der Waals surface area contributed by atoms with Crippen LogP contribution in [0, 0.1) is 5.82 Å². The van der Waals surface area contributed by atoms with Crippen LogP contribution >= 0.6 is 24.0 Å². The number of nitrogens with zero attached hydrogens (tertiary/aromatic N) is 4. The smallest absolute Gasteiger partial charge is 0.191 e. The molecule has 162 valence electrons. The number of anilines is 1. The number of aliphatic imine (C=N–C) groups is 1. The van der Waals surface area contributed by atoms with E-state index in [-0.39, 0.29) is 36.3 Å². The maximum absolute atomic E-state index is 13.8. The van der Waals surface area contributed by atoms with E-state index >= 15 is 0 Å². The van der Waals surface area contributed by atoms with Crippen LogP contribution in [0.2, 0.25) is 0 Å². The lowest BCUT2D eigenvalue weighted by Crippen LogP contribution is -2.40. The van der Waals surface area contributed by atoms with Gasteiger partial charge in [-0.05, 0) is 32.4 Å². The van der Waals surface area contributed by atoms with Gasteiger partial charge in [-0.1, -0.05) is 12.1 Å². The maximum atomic E-state index is 13.8. The van der Waals surface area contributed by atoms with Crippen LogP contribution in [0.5, 0.6) is 0 Å². The summed E-state index contributed by atoms with van der Waals surface area (Å²) in [5.74, 6) is 0.422. The van der Waals surface area contributed by atoms with Crippen molar-refractivity contribution in [3.8, 4) is 0 Å². The number of hydrogen-bond donors (Lipinski definition) is 3. The van der Waals surface area contributed by atoms with Crippen molar-refractivity contribution in [1.82, 2.24) is 20.4 Å². The molecule has 0 aliphatic rings. The first-order valence-electron chi connectivity index (χ1n) is 9.53. The van der Waals surface area contributed by atoms with E-state index in [4.69, 9.17) is 0 Å². The molecule has 0 saturated carbocycles. The summed E-state index contributed by atoms with van der Waals surface area (Å²) in [6, 6.07) is 6.76. The molecule has 1 atom stereocenters. The third-order valence-electron chi connectivity index (χ3n) is 4.44. The van der Waals surface area contributed by atoms with Crippen molar-refractivity contribution >= 4 is 35.6 Å². The lowest BCUT2D eigenvalue weighted by Gasteiger charge is -2.21. The lowest BCUT2D eigenvalue weighted by atomic mass is 10.0. The summed E-state index contributed by atoms with van der Waals surface area (Å²) in [4.78, 5) is 6.39. The fourth-order valence-corrected chi connectivity index (χ4v) is 2.77. The third-order valence-corrected chi connectivity index (χ3v) is 4.44. The van der Waals surface area contributed by atoms with Crippen molar-refractivity contribution in [2.75, 3.05) is 38.1 Å². The molecule has 2 rings (SSSR count). The van der Waals surface area contributed by atoms with Gasteiger partial charge < -0.3 is 20.6 Å². The normalized spacial score (nSPS) is 13.4. The maximum Gasteiger partial charge on any atom is 0.191 e. The van der Waals surface area contributed by atoms with Gasteiger partial charge in [0.2, 0.25) is 0 Å². The molecule has 1 unspecified atom stereocenters. The van der Waals surface area contributed by atoms with E-state index < -0.39 is 5.60 Å². The van der Waals surface area contributed by atoms with Gasteiger partial charge in [0.05, 0.1) is 18.4 Å². The fourth-order valence-electron chi connectivity index (χ4n) is 2.77. The van der Waals surface area contributed by atoms with E-state index in [0.717, 1.165) is 18.5 Å². The Labute approximate surface area is 189 Å². The monoisotopic (exact) mass is 518 g/mol. The van der Waals surface area contributed by atoms with Crippen LogP contribution in [-0.4, -0.2) is 54.1 Å². The predicted octanol–water partition coefficient (Wildman–Crippen LogP) is 2.47. The molecule has 0 spiro atoms. The number of guanidine groups is 1. The highest BCUT2D eigenvalue weighted by atomic mass is 127. The predicted molar refractivity (Wildman–Crippen MR) is 126 cm³/mol. The Morgan fingerprint density at radius 2 is 2.07 bits per heavy atom. The molecule has 3 N–H and O–H groups in total. The Hall–Kier alpha value is -1.88. The zero-order valence-corrected chi connectivity index (χ0v) is 19.9. The quantitative estimate of drug-likeness (QED) is 0.206. The van der Waals surface area contributed by atoms with Crippen molar-refractivity contribution in [2.24, 2.45) is 12.0 Å². The van der Waals surface area contributed by atoms with Crippen LogP contribution < -0.4 is 15.5 Å². The summed E-state index contributed by atoms with van der Waals surface area (Å²) >= 11 is 0. The minimum absolute atomic E-state index is 0. The number of rotatable bonds is 9. The van der Waals surface area contributed by atoms with Crippen LogP contribution in [0.25, 0.3) is 0 Å². The molecular formula is C20H32FIN6O. The van der Waals surface area contributed by atoms with E-state index in [1.165, 1.54) is 6.07 Å². The van der Waals surface area contributed by atoms with E-state index in [1.54, 1.807) is 36.1 Å². The number of aromatic nitrogens is 2. The molecular weight excluding hydrogens is 486 g/mol. The van der Waals surface area contributed by atoms with E-state index in [2.05, 4.69) is 20.7 Å². The molecule has 0 aliphatic carbocycles. The molecule has 0 radical (unpaired) electrons. The second-order valence-electron chi connectivity index (χ2n) is 7.02. The van der Waals surface area contributed by atoms with E-state index in [9.17, 15) is 9.50 Å². The molecule has 1 aromatic heterocycles. The Morgan fingerprint density at radius 3 is 2.69 bits per heavy atom. The molecule has 9 heteroatoms. The Kier molecular flexibility index (Phi) is 10.4. The minimum Gasteiger partial charge on any atom is -0.383 e. The largest absolute Gasteiger partial charge is 0.383 e. The molecule has 29 heavy (non-hydrogen) atoms. The van der Waals surface area contributed by atoms with Gasteiger partial charge in [0.15, 0.2) is 5.96 Å². The van der Waals surface area contributed by atoms with Crippen molar-refractivity contribution in [1.29, 1.82) is 0 Å². The first kappa shape index (κ1) is 25.2. The minimum atomic E-state index is -1.10. The van der Waals surface area contributed by atoms with E-state index in [1.807, 2.05) is 32.0 Å². The van der Waals surface area contributed by atoms with E-state index in [0.29, 0.717) is 24.7 Å². The number of halogens is 2. The number of aryl methyl sites for hydroxylation is 1. The Balaban J connectivity index is 0.00000420. The van der Waals surface area contributed by atoms with Crippen LogP contribution in [0.1, 0.15) is 25.8 Å². The molecule has 0 fully saturated rings. The zero-order valence-electron chi connectivity index (χ0n) is 17.5. The Bertz CT molecular complexity index is 780.